The minimum atomic E-state index is -0.474. The predicted molar refractivity (Wildman–Crippen MR) is 91.9 cm³/mol. The molecule has 0 unspecified atom stereocenters. The fourth-order valence-corrected chi connectivity index (χ4v) is 2.47. The van der Waals surface area contributed by atoms with Gasteiger partial charge in [0.25, 0.3) is 11.6 Å². The van der Waals surface area contributed by atoms with Crippen LogP contribution in [0.3, 0.4) is 0 Å². The maximum absolute atomic E-state index is 12.7. The van der Waals surface area contributed by atoms with Gasteiger partial charge in [0.2, 0.25) is 0 Å². The monoisotopic (exact) mass is 337 g/mol. The normalized spacial score (nSPS) is 10.5. The van der Waals surface area contributed by atoms with Crippen molar-refractivity contribution >= 4 is 17.3 Å². The molecule has 0 bridgehead atoms. The number of aromatic nitrogens is 3. The van der Waals surface area contributed by atoms with Crippen LogP contribution in [0, 0.1) is 17.0 Å². The van der Waals surface area contributed by atoms with E-state index in [9.17, 15) is 14.9 Å². The van der Waals surface area contributed by atoms with E-state index in [0.29, 0.717) is 11.3 Å². The van der Waals surface area contributed by atoms with Crippen LogP contribution >= 0.6 is 0 Å². The number of anilines is 1. The molecule has 0 aliphatic carbocycles. The SMILES string of the molecule is Cc1cc(-n2cncn2)ccc1C(=O)N(C)c1ccc([N+](=O)[O-])cc1. The molecule has 8 heteroatoms. The fraction of sp³-hybridized carbons (Fsp3) is 0.118. The van der Waals surface area contributed by atoms with Crippen molar-refractivity contribution in [1.29, 1.82) is 0 Å². The number of nitro benzene ring substituents is 1. The van der Waals surface area contributed by atoms with E-state index < -0.39 is 4.92 Å². The van der Waals surface area contributed by atoms with Gasteiger partial charge in [-0.3, -0.25) is 14.9 Å². The zero-order valence-corrected chi connectivity index (χ0v) is 13.7. The van der Waals surface area contributed by atoms with E-state index in [1.165, 1.54) is 23.4 Å². The predicted octanol–water partition coefficient (Wildman–Crippen LogP) is 2.76. The lowest BCUT2D eigenvalue weighted by Crippen LogP contribution is -2.26. The summed E-state index contributed by atoms with van der Waals surface area (Å²) in [5.74, 6) is -0.198. The first kappa shape index (κ1) is 16.3. The number of nitrogens with zero attached hydrogens (tertiary/aromatic N) is 5. The first-order valence-electron chi connectivity index (χ1n) is 7.45. The number of hydrogen-bond donors (Lipinski definition) is 0. The van der Waals surface area contributed by atoms with Crippen molar-refractivity contribution in [2.24, 2.45) is 0 Å². The van der Waals surface area contributed by atoms with Gasteiger partial charge in [-0.2, -0.15) is 5.10 Å². The minimum Gasteiger partial charge on any atom is -0.311 e. The molecule has 0 atom stereocenters. The summed E-state index contributed by atoms with van der Waals surface area (Å²) in [6, 6.07) is 11.2. The molecule has 0 saturated carbocycles. The van der Waals surface area contributed by atoms with Gasteiger partial charge in [-0.1, -0.05) is 0 Å². The van der Waals surface area contributed by atoms with Gasteiger partial charge < -0.3 is 4.90 Å². The highest BCUT2D eigenvalue weighted by molar-refractivity contribution is 6.06. The Morgan fingerprint density at radius 3 is 2.48 bits per heavy atom. The molecule has 0 aliphatic heterocycles. The van der Waals surface area contributed by atoms with Gasteiger partial charge in [-0.05, 0) is 42.8 Å². The van der Waals surface area contributed by atoms with Crippen LogP contribution in [-0.2, 0) is 0 Å². The van der Waals surface area contributed by atoms with E-state index in [1.54, 1.807) is 42.3 Å². The average molecular weight is 337 g/mol. The summed E-state index contributed by atoms with van der Waals surface area (Å²) in [6.07, 6.45) is 3.02. The van der Waals surface area contributed by atoms with Crippen LogP contribution in [0.25, 0.3) is 5.69 Å². The maximum atomic E-state index is 12.7. The van der Waals surface area contributed by atoms with E-state index >= 15 is 0 Å². The van der Waals surface area contributed by atoms with Crippen molar-refractivity contribution in [2.75, 3.05) is 11.9 Å². The van der Waals surface area contributed by atoms with Crippen LogP contribution in [0.4, 0.5) is 11.4 Å². The van der Waals surface area contributed by atoms with Crippen molar-refractivity contribution in [1.82, 2.24) is 14.8 Å². The number of rotatable bonds is 4. The summed E-state index contributed by atoms with van der Waals surface area (Å²) in [5.41, 5.74) is 2.72. The van der Waals surface area contributed by atoms with Gasteiger partial charge in [-0.15, -0.1) is 0 Å². The molecule has 0 radical (unpaired) electrons. The molecular formula is C17H15N5O3. The number of carbonyl (C=O) groups is 1. The summed E-state index contributed by atoms with van der Waals surface area (Å²) >= 11 is 0. The molecule has 1 aromatic heterocycles. The fourth-order valence-electron chi connectivity index (χ4n) is 2.47. The molecule has 0 N–H and O–H groups in total. The number of hydrogen-bond acceptors (Lipinski definition) is 5. The Balaban J connectivity index is 1.85. The molecule has 2 aromatic carbocycles. The zero-order chi connectivity index (χ0) is 18.0. The smallest absolute Gasteiger partial charge is 0.269 e. The largest absolute Gasteiger partial charge is 0.311 e. The van der Waals surface area contributed by atoms with Crippen LogP contribution in [0.2, 0.25) is 0 Å². The molecule has 0 fully saturated rings. The summed E-state index contributed by atoms with van der Waals surface area (Å²) < 4.78 is 1.61. The van der Waals surface area contributed by atoms with E-state index in [1.807, 2.05) is 13.0 Å². The highest BCUT2D eigenvalue weighted by atomic mass is 16.6. The number of benzene rings is 2. The van der Waals surface area contributed by atoms with Gasteiger partial charge >= 0.3 is 0 Å². The number of non-ortho nitro benzene ring substituents is 1. The molecule has 126 valence electrons. The molecule has 8 nitrogen and oxygen atoms in total. The molecular weight excluding hydrogens is 322 g/mol. The van der Waals surface area contributed by atoms with Crippen LogP contribution in [-0.4, -0.2) is 32.6 Å². The van der Waals surface area contributed by atoms with Crippen LogP contribution in [0.15, 0.2) is 55.1 Å². The first-order chi connectivity index (χ1) is 12.0. The Labute approximate surface area is 143 Å². The quantitative estimate of drug-likeness (QED) is 0.539. The molecule has 3 rings (SSSR count). The highest BCUT2D eigenvalue weighted by Crippen LogP contribution is 2.22. The standard InChI is InChI=1S/C17H15N5O3/c1-12-9-15(21-11-18-10-19-21)7-8-16(12)17(23)20(2)13-3-5-14(6-4-13)22(24)25/h3-11H,1-2H3. The second-order valence-electron chi connectivity index (χ2n) is 5.48. The van der Waals surface area contributed by atoms with Crippen molar-refractivity contribution < 1.29 is 9.72 Å². The topological polar surface area (TPSA) is 94.2 Å². The molecule has 3 aromatic rings. The Bertz CT molecular complexity index is 920. The number of carbonyl (C=O) groups excluding carboxylic acids is 1. The van der Waals surface area contributed by atoms with Crippen LogP contribution < -0.4 is 4.90 Å². The molecule has 0 spiro atoms. The van der Waals surface area contributed by atoms with Gasteiger partial charge in [0, 0.05) is 30.4 Å². The van der Waals surface area contributed by atoms with Gasteiger partial charge in [0.15, 0.2) is 0 Å². The molecule has 0 saturated heterocycles. The van der Waals surface area contributed by atoms with E-state index in [-0.39, 0.29) is 11.6 Å². The minimum absolute atomic E-state index is 0.0158. The molecule has 1 amide bonds. The van der Waals surface area contributed by atoms with Crippen molar-refractivity contribution in [3.63, 3.8) is 0 Å². The number of amides is 1. The van der Waals surface area contributed by atoms with Crippen molar-refractivity contribution in [3.8, 4) is 5.69 Å². The van der Waals surface area contributed by atoms with Crippen molar-refractivity contribution in [2.45, 2.75) is 6.92 Å². The lowest BCUT2D eigenvalue weighted by atomic mass is 10.1. The average Bonchev–Trinajstić information content (AvgIpc) is 3.15. The lowest BCUT2D eigenvalue weighted by Gasteiger charge is -2.18. The second kappa shape index (κ2) is 6.52. The van der Waals surface area contributed by atoms with Gasteiger partial charge in [0.1, 0.15) is 12.7 Å². The third-order valence-corrected chi connectivity index (χ3v) is 3.88. The second-order valence-corrected chi connectivity index (χ2v) is 5.48. The van der Waals surface area contributed by atoms with Crippen LogP contribution in [0.1, 0.15) is 15.9 Å². The summed E-state index contributed by atoms with van der Waals surface area (Å²) in [7, 11) is 1.63. The summed E-state index contributed by atoms with van der Waals surface area (Å²) in [5, 5.41) is 14.8. The molecule has 0 aliphatic rings. The molecule has 25 heavy (non-hydrogen) atoms. The Hall–Kier alpha value is -3.55. The Morgan fingerprint density at radius 1 is 1.20 bits per heavy atom. The number of aryl methyl sites for hydroxylation is 1. The van der Waals surface area contributed by atoms with Gasteiger partial charge in [-0.25, -0.2) is 9.67 Å². The Morgan fingerprint density at radius 2 is 1.92 bits per heavy atom. The third-order valence-electron chi connectivity index (χ3n) is 3.88. The van der Waals surface area contributed by atoms with Gasteiger partial charge in [0.05, 0.1) is 10.6 Å². The van der Waals surface area contributed by atoms with E-state index in [0.717, 1.165) is 11.3 Å². The maximum Gasteiger partial charge on any atom is 0.269 e. The molecule has 1 heterocycles. The first-order valence-corrected chi connectivity index (χ1v) is 7.45. The highest BCUT2D eigenvalue weighted by Gasteiger charge is 2.17. The number of nitro groups is 1. The zero-order valence-electron chi connectivity index (χ0n) is 13.7. The Kier molecular flexibility index (Phi) is 4.25. The van der Waals surface area contributed by atoms with E-state index in [2.05, 4.69) is 10.1 Å². The summed E-state index contributed by atoms with van der Waals surface area (Å²) in [6.45, 7) is 1.84. The van der Waals surface area contributed by atoms with Crippen LogP contribution in [0.5, 0.6) is 0 Å². The lowest BCUT2D eigenvalue weighted by molar-refractivity contribution is -0.384. The third kappa shape index (κ3) is 3.23. The van der Waals surface area contributed by atoms with Crippen molar-refractivity contribution in [3.05, 3.63) is 76.4 Å². The summed E-state index contributed by atoms with van der Waals surface area (Å²) in [4.78, 5) is 28.4. The van der Waals surface area contributed by atoms with E-state index in [4.69, 9.17) is 0 Å².